The monoisotopic (exact) mass is 282 g/mol. The highest BCUT2D eigenvalue weighted by molar-refractivity contribution is 5.73. The third kappa shape index (κ3) is 5.23. The smallest absolute Gasteiger partial charge is 0.320 e. The Morgan fingerprint density at radius 1 is 1.50 bits per heavy atom. The van der Waals surface area contributed by atoms with E-state index in [-0.39, 0.29) is 24.8 Å². The van der Waals surface area contributed by atoms with Crippen molar-refractivity contribution < 1.29 is 19.6 Å². The van der Waals surface area contributed by atoms with E-state index in [9.17, 15) is 14.9 Å². The minimum atomic E-state index is -0.943. The largest absolute Gasteiger partial charge is 0.493 e. The molecule has 0 aliphatic heterocycles. The molecule has 0 aliphatic rings. The molecule has 0 fully saturated rings. The van der Waals surface area contributed by atoms with Crippen molar-refractivity contribution >= 4 is 11.7 Å². The van der Waals surface area contributed by atoms with Gasteiger partial charge in [-0.15, -0.1) is 0 Å². The third-order valence-electron chi connectivity index (χ3n) is 2.54. The number of carbonyl (C=O) groups is 1. The summed E-state index contributed by atoms with van der Waals surface area (Å²) in [5, 5.41) is 22.5. The van der Waals surface area contributed by atoms with Crippen LogP contribution >= 0.6 is 0 Å². The Hall–Kier alpha value is -2.15. The lowest BCUT2D eigenvalue weighted by Crippen LogP contribution is -2.41. The molecule has 1 rings (SSSR count). The van der Waals surface area contributed by atoms with Crippen LogP contribution in [0.2, 0.25) is 0 Å². The molecule has 1 aromatic rings. The fraction of sp³-hybridized carbons (Fsp3) is 0.462. The van der Waals surface area contributed by atoms with Crippen molar-refractivity contribution in [2.24, 2.45) is 0 Å². The molecular weight excluding hydrogens is 264 g/mol. The Balaban J connectivity index is 2.52. The molecule has 7 nitrogen and oxygen atoms in total. The van der Waals surface area contributed by atoms with E-state index in [1.165, 1.54) is 18.2 Å². The molecule has 0 radical (unpaired) electrons. The van der Waals surface area contributed by atoms with Crippen molar-refractivity contribution in [2.45, 2.75) is 32.4 Å². The van der Waals surface area contributed by atoms with Crippen LogP contribution in [0.1, 0.15) is 20.3 Å². The van der Waals surface area contributed by atoms with Gasteiger partial charge in [0, 0.05) is 18.5 Å². The molecule has 2 N–H and O–H groups in total. The van der Waals surface area contributed by atoms with E-state index >= 15 is 0 Å². The van der Waals surface area contributed by atoms with Gasteiger partial charge in [0.05, 0.1) is 17.6 Å². The average molecular weight is 282 g/mol. The molecule has 1 atom stereocenters. The molecule has 0 saturated carbocycles. The summed E-state index contributed by atoms with van der Waals surface area (Å²) in [7, 11) is 0. The molecule has 0 heterocycles. The van der Waals surface area contributed by atoms with E-state index in [4.69, 9.17) is 9.84 Å². The first-order chi connectivity index (χ1) is 9.40. The highest BCUT2D eigenvalue weighted by Crippen LogP contribution is 2.19. The summed E-state index contributed by atoms with van der Waals surface area (Å²) >= 11 is 0. The Bertz CT molecular complexity index is 476. The summed E-state index contributed by atoms with van der Waals surface area (Å²) in [4.78, 5) is 21.1. The predicted molar refractivity (Wildman–Crippen MR) is 72.9 cm³/mol. The lowest BCUT2D eigenvalue weighted by Gasteiger charge is -2.17. The van der Waals surface area contributed by atoms with Gasteiger partial charge in [0.1, 0.15) is 11.8 Å². The Morgan fingerprint density at radius 3 is 2.75 bits per heavy atom. The molecule has 0 bridgehead atoms. The van der Waals surface area contributed by atoms with Gasteiger partial charge in [0.25, 0.3) is 5.69 Å². The zero-order valence-corrected chi connectivity index (χ0v) is 11.4. The highest BCUT2D eigenvalue weighted by atomic mass is 16.6. The van der Waals surface area contributed by atoms with Crippen LogP contribution < -0.4 is 10.1 Å². The number of ether oxygens (including phenoxy) is 1. The maximum atomic E-state index is 11.0. The van der Waals surface area contributed by atoms with Crippen LogP contribution in [0.5, 0.6) is 5.75 Å². The molecule has 0 aliphatic carbocycles. The number of benzene rings is 1. The summed E-state index contributed by atoms with van der Waals surface area (Å²) in [6.07, 6.45) is 0.274. The SMILES string of the molecule is CC(C)NC(CCOc1cccc([N+](=O)[O-])c1)C(=O)O. The number of carboxylic acids is 1. The second kappa shape index (κ2) is 7.44. The van der Waals surface area contributed by atoms with Gasteiger partial charge in [0.2, 0.25) is 0 Å². The molecule has 1 aromatic carbocycles. The van der Waals surface area contributed by atoms with Gasteiger partial charge in [-0.1, -0.05) is 19.9 Å². The number of nitrogens with zero attached hydrogens (tertiary/aromatic N) is 1. The number of nitro benzene ring substituents is 1. The van der Waals surface area contributed by atoms with Gasteiger partial charge < -0.3 is 15.2 Å². The Kier molecular flexibility index (Phi) is 5.92. The van der Waals surface area contributed by atoms with Gasteiger partial charge in [-0.2, -0.15) is 0 Å². The zero-order valence-electron chi connectivity index (χ0n) is 11.4. The summed E-state index contributed by atoms with van der Waals surface area (Å²) < 4.78 is 5.35. The Labute approximate surface area is 116 Å². The van der Waals surface area contributed by atoms with E-state index in [0.717, 1.165) is 0 Å². The minimum absolute atomic E-state index is 0.0499. The standard InChI is InChI=1S/C13H18N2O5/c1-9(2)14-12(13(16)17)6-7-20-11-5-3-4-10(8-11)15(18)19/h3-5,8-9,12,14H,6-7H2,1-2H3,(H,16,17). The van der Waals surface area contributed by atoms with Gasteiger partial charge in [-0.25, -0.2) is 0 Å². The average Bonchev–Trinajstić information content (AvgIpc) is 2.37. The molecule has 1 unspecified atom stereocenters. The number of hydrogen-bond donors (Lipinski definition) is 2. The second-order valence-electron chi connectivity index (χ2n) is 4.60. The molecule has 7 heteroatoms. The van der Waals surface area contributed by atoms with Crippen LogP contribution in [0.15, 0.2) is 24.3 Å². The van der Waals surface area contributed by atoms with Gasteiger partial charge >= 0.3 is 5.97 Å². The van der Waals surface area contributed by atoms with Crippen LogP contribution in [-0.2, 0) is 4.79 Å². The van der Waals surface area contributed by atoms with Crippen molar-refractivity contribution in [3.63, 3.8) is 0 Å². The molecule has 0 aromatic heterocycles. The van der Waals surface area contributed by atoms with E-state index in [0.29, 0.717) is 5.75 Å². The van der Waals surface area contributed by atoms with Crippen molar-refractivity contribution in [1.82, 2.24) is 5.32 Å². The molecule has 0 spiro atoms. The molecule has 0 saturated heterocycles. The first kappa shape index (κ1) is 15.9. The second-order valence-corrected chi connectivity index (χ2v) is 4.60. The van der Waals surface area contributed by atoms with Crippen LogP contribution in [0.3, 0.4) is 0 Å². The number of aliphatic carboxylic acids is 1. The third-order valence-corrected chi connectivity index (χ3v) is 2.54. The lowest BCUT2D eigenvalue weighted by molar-refractivity contribution is -0.384. The van der Waals surface area contributed by atoms with Gasteiger partial charge in [0.15, 0.2) is 0 Å². The van der Waals surface area contributed by atoms with Crippen LogP contribution in [0, 0.1) is 10.1 Å². The van der Waals surface area contributed by atoms with Crippen molar-refractivity contribution in [1.29, 1.82) is 0 Å². The van der Waals surface area contributed by atoms with Crippen LogP contribution in [0.25, 0.3) is 0 Å². The first-order valence-corrected chi connectivity index (χ1v) is 6.26. The normalized spacial score (nSPS) is 12.2. The first-order valence-electron chi connectivity index (χ1n) is 6.26. The highest BCUT2D eigenvalue weighted by Gasteiger charge is 2.18. The number of hydrogen-bond acceptors (Lipinski definition) is 5. The molecular formula is C13H18N2O5. The van der Waals surface area contributed by atoms with Crippen LogP contribution in [0.4, 0.5) is 5.69 Å². The van der Waals surface area contributed by atoms with Crippen molar-refractivity contribution in [3.8, 4) is 5.75 Å². The lowest BCUT2D eigenvalue weighted by atomic mass is 10.2. The number of non-ortho nitro benzene ring substituents is 1. The maximum absolute atomic E-state index is 11.0. The number of carboxylic acid groups (broad SMARTS) is 1. The summed E-state index contributed by atoms with van der Waals surface area (Å²) in [5.74, 6) is -0.589. The zero-order chi connectivity index (χ0) is 15.1. The molecule has 0 amide bonds. The fourth-order valence-electron chi connectivity index (χ4n) is 1.66. The Morgan fingerprint density at radius 2 is 2.20 bits per heavy atom. The van der Waals surface area contributed by atoms with E-state index in [2.05, 4.69) is 5.32 Å². The van der Waals surface area contributed by atoms with Gasteiger partial charge in [-0.05, 0) is 6.07 Å². The summed E-state index contributed by atoms with van der Waals surface area (Å²) in [6, 6.07) is 5.15. The van der Waals surface area contributed by atoms with E-state index in [1.54, 1.807) is 6.07 Å². The maximum Gasteiger partial charge on any atom is 0.320 e. The van der Waals surface area contributed by atoms with E-state index < -0.39 is 16.9 Å². The fourth-order valence-corrected chi connectivity index (χ4v) is 1.66. The number of nitro groups is 1. The van der Waals surface area contributed by atoms with E-state index in [1.807, 2.05) is 13.8 Å². The van der Waals surface area contributed by atoms with Crippen LogP contribution in [-0.4, -0.2) is 34.7 Å². The van der Waals surface area contributed by atoms with Crippen molar-refractivity contribution in [2.75, 3.05) is 6.61 Å². The minimum Gasteiger partial charge on any atom is -0.493 e. The predicted octanol–water partition coefficient (Wildman–Crippen LogP) is 1.81. The summed E-state index contributed by atoms with van der Waals surface area (Å²) in [5.41, 5.74) is -0.0578. The molecule has 110 valence electrons. The summed E-state index contributed by atoms with van der Waals surface area (Å²) in [6.45, 7) is 3.88. The quantitative estimate of drug-likeness (QED) is 0.557. The van der Waals surface area contributed by atoms with Gasteiger partial charge in [-0.3, -0.25) is 14.9 Å². The molecule has 20 heavy (non-hydrogen) atoms. The number of rotatable bonds is 8. The van der Waals surface area contributed by atoms with Crippen molar-refractivity contribution in [3.05, 3.63) is 34.4 Å². The topological polar surface area (TPSA) is 102 Å². The number of nitrogens with one attached hydrogen (secondary N) is 1.